The van der Waals surface area contributed by atoms with Gasteiger partial charge < -0.3 is 14.4 Å². The van der Waals surface area contributed by atoms with Crippen LogP contribution in [0.2, 0.25) is 0 Å². The molecule has 0 spiro atoms. The van der Waals surface area contributed by atoms with Gasteiger partial charge in [0.05, 0.1) is 17.8 Å². The minimum atomic E-state index is -4.60. The second-order valence-electron chi connectivity index (χ2n) is 8.94. The Balaban J connectivity index is 1.34. The number of nitriles is 1. The van der Waals surface area contributed by atoms with Gasteiger partial charge in [-0.3, -0.25) is 9.78 Å². The number of amides is 1. The summed E-state index contributed by atoms with van der Waals surface area (Å²) in [5.41, 5.74) is 1.11. The van der Waals surface area contributed by atoms with Crippen molar-refractivity contribution >= 4 is 22.5 Å². The summed E-state index contributed by atoms with van der Waals surface area (Å²) in [6.07, 6.45) is -2.75. The first-order chi connectivity index (χ1) is 16.7. The number of carbonyl (C=O) groups excluding carboxylic acids is 1. The van der Waals surface area contributed by atoms with Crippen molar-refractivity contribution in [3.8, 4) is 6.07 Å². The summed E-state index contributed by atoms with van der Waals surface area (Å²) >= 11 is 0. The normalized spacial score (nSPS) is 20.6. The van der Waals surface area contributed by atoms with Crippen LogP contribution >= 0.6 is 0 Å². The van der Waals surface area contributed by atoms with Gasteiger partial charge in [-0.05, 0) is 18.4 Å². The van der Waals surface area contributed by atoms with Crippen molar-refractivity contribution in [1.29, 1.82) is 5.26 Å². The molecule has 2 aliphatic heterocycles. The number of para-hydroxylation sites is 1. The van der Waals surface area contributed by atoms with Crippen LogP contribution in [0.1, 0.15) is 30.6 Å². The van der Waals surface area contributed by atoms with Gasteiger partial charge in [0.25, 0.3) is 0 Å². The van der Waals surface area contributed by atoms with E-state index in [9.17, 15) is 27.6 Å². The first kappa shape index (κ1) is 23.0. The topological polar surface area (TPSA) is 90.9 Å². The number of aromatic nitrogens is 4. The first-order valence-corrected chi connectivity index (χ1v) is 11.2. The number of hydrogen-bond donors (Lipinski definition) is 0. The summed E-state index contributed by atoms with van der Waals surface area (Å²) in [4.78, 5) is 20.9. The Hall–Kier alpha value is -3.75. The van der Waals surface area contributed by atoms with Gasteiger partial charge in [-0.2, -0.15) is 18.4 Å². The lowest BCUT2D eigenvalue weighted by atomic mass is 9.85. The highest BCUT2D eigenvalue weighted by Crippen LogP contribution is 2.36. The third-order valence-electron chi connectivity index (χ3n) is 6.80. The van der Waals surface area contributed by atoms with E-state index in [-0.39, 0.29) is 48.7 Å². The van der Waals surface area contributed by atoms with Gasteiger partial charge in [0.2, 0.25) is 11.7 Å². The van der Waals surface area contributed by atoms with Crippen molar-refractivity contribution in [2.45, 2.75) is 32.6 Å². The minimum absolute atomic E-state index is 0.0176. The molecule has 12 heteroatoms. The molecule has 2 aliphatic rings. The van der Waals surface area contributed by atoms with E-state index in [1.165, 1.54) is 12.3 Å². The molecule has 0 unspecified atom stereocenters. The maximum absolute atomic E-state index is 14.3. The lowest BCUT2D eigenvalue weighted by Crippen LogP contribution is -2.49. The van der Waals surface area contributed by atoms with E-state index in [4.69, 9.17) is 0 Å². The molecule has 0 aliphatic carbocycles. The van der Waals surface area contributed by atoms with E-state index in [1.807, 2.05) is 11.8 Å². The number of rotatable bonds is 2. The predicted octanol–water partition coefficient (Wildman–Crippen LogP) is 3.36. The van der Waals surface area contributed by atoms with Crippen LogP contribution in [0.15, 0.2) is 24.4 Å². The van der Waals surface area contributed by atoms with Crippen LogP contribution in [0.25, 0.3) is 10.9 Å². The molecular weight excluding hydrogens is 466 g/mol. The van der Waals surface area contributed by atoms with Crippen molar-refractivity contribution in [1.82, 2.24) is 24.6 Å². The van der Waals surface area contributed by atoms with Crippen LogP contribution in [0, 0.1) is 29.0 Å². The zero-order valence-corrected chi connectivity index (χ0v) is 18.8. The fourth-order valence-corrected chi connectivity index (χ4v) is 5.10. The van der Waals surface area contributed by atoms with Crippen LogP contribution in [0.5, 0.6) is 0 Å². The summed E-state index contributed by atoms with van der Waals surface area (Å²) in [6, 6.07) is 6.74. The van der Waals surface area contributed by atoms with Crippen LogP contribution in [-0.4, -0.2) is 50.2 Å². The quantitative estimate of drug-likeness (QED) is 0.515. The Labute approximate surface area is 197 Å². The van der Waals surface area contributed by atoms with Crippen LogP contribution < -0.4 is 4.90 Å². The Morgan fingerprint density at radius 2 is 2.00 bits per heavy atom. The largest absolute Gasteiger partial charge is 0.451 e. The molecule has 0 radical (unpaired) electrons. The average molecular weight is 487 g/mol. The Morgan fingerprint density at radius 3 is 2.71 bits per heavy atom. The maximum Gasteiger partial charge on any atom is 0.451 e. The number of carbonyl (C=O) groups is 1. The van der Waals surface area contributed by atoms with E-state index in [2.05, 4.69) is 21.3 Å². The average Bonchev–Trinajstić information content (AvgIpc) is 3.27. The molecule has 0 saturated carbocycles. The number of alkyl halides is 3. The number of pyridine rings is 1. The predicted molar refractivity (Wildman–Crippen MR) is 116 cm³/mol. The molecule has 2 atom stereocenters. The maximum atomic E-state index is 14.3. The van der Waals surface area contributed by atoms with Gasteiger partial charge in [-0.15, -0.1) is 10.2 Å². The number of nitrogens with zero attached hydrogens (tertiary/aromatic N) is 7. The number of halogens is 4. The van der Waals surface area contributed by atoms with Crippen LogP contribution in [-0.2, 0) is 24.1 Å². The highest BCUT2D eigenvalue weighted by atomic mass is 19.4. The first-order valence-electron chi connectivity index (χ1n) is 11.2. The van der Waals surface area contributed by atoms with Gasteiger partial charge in [-0.1, -0.05) is 19.1 Å². The molecular formula is C23H21F4N7O. The molecule has 182 valence electrons. The SMILES string of the molecule is C[C@@H]1CN(c2c(C#N)cnc3c(F)cccc23)CC[C@@H]1C(=O)N1CCn2c(nnc2C(F)(F)F)C1. The third kappa shape index (κ3) is 3.94. The van der Waals surface area contributed by atoms with Gasteiger partial charge in [0.1, 0.15) is 17.4 Å². The number of benzene rings is 1. The molecule has 4 heterocycles. The lowest BCUT2D eigenvalue weighted by Gasteiger charge is -2.40. The molecule has 3 aromatic rings. The van der Waals surface area contributed by atoms with Crippen molar-refractivity contribution in [2.75, 3.05) is 24.5 Å². The van der Waals surface area contributed by atoms with E-state index in [0.29, 0.717) is 36.1 Å². The second kappa shape index (κ2) is 8.48. The third-order valence-corrected chi connectivity index (χ3v) is 6.80. The van der Waals surface area contributed by atoms with Crippen molar-refractivity contribution in [3.05, 3.63) is 47.4 Å². The van der Waals surface area contributed by atoms with Crippen LogP contribution in [0.4, 0.5) is 23.2 Å². The molecule has 2 aromatic heterocycles. The molecule has 8 nitrogen and oxygen atoms in total. The van der Waals surface area contributed by atoms with E-state index in [1.54, 1.807) is 17.0 Å². The zero-order valence-electron chi connectivity index (χ0n) is 18.8. The van der Waals surface area contributed by atoms with E-state index in [0.717, 1.165) is 4.57 Å². The molecule has 1 aromatic carbocycles. The van der Waals surface area contributed by atoms with Crippen LogP contribution in [0.3, 0.4) is 0 Å². The molecule has 1 amide bonds. The summed E-state index contributed by atoms with van der Waals surface area (Å²) in [5.74, 6) is -1.98. The minimum Gasteiger partial charge on any atom is -0.370 e. The Kier molecular flexibility index (Phi) is 5.57. The van der Waals surface area contributed by atoms with E-state index >= 15 is 0 Å². The lowest BCUT2D eigenvalue weighted by molar-refractivity contribution is -0.148. The number of fused-ring (bicyclic) bond motifs is 2. The molecule has 35 heavy (non-hydrogen) atoms. The monoisotopic (exact) mass is 487 g/mol. The summed E-state index contributed by atoms with van der Waals surface area (Å²) in [5, 5.41) is 17.1. The zero-order chi connectivity index (χ0) is 24.9. The molecule has 0 N–H and O–H groups in total. The molecule has 5 rings (SSSR count). The number of anilines is 1. The van der Waals surface area contributed by atoms with Crippen molar-refractivity contribution in [3.63, 3.8) is 0 Å². The van der Waals surface area contributed by atoms with E-state index < -0.39 is 17.8 Å². The van der Waals surface area contributed by atoms with Gasteiger partial charge in [0, 0.05) is 43.7 Å². The molecule has 1 fully saturated rings. The number of hydrogen-bond acceptors (Lipinski definition) is 6. The fourth-order valence-electron chi connectivity index (χ4n) is 5.10. The summed E-state index contributed by atoms with van der Waals surface area (Å²) < 4.78 is 54.6. The molecule has 1 saturated heterocycles. The second-order valence-corrected chi connectivity index (χ2v) is 8.94. The summed E-state index contributed by atoms with van der Waals surface area (Å²) in [6.45, 7) is 2.96. The van der Waals surface area contributed by atoms with Crippen molar-refractivity contribution in [2.24, 2.45) is 11.8 Å². The number of piperidine rings is 1. The Morgan fingerprint density at radius 1 is 1.20 bits per heavy atom. The molecule has 0 bridgehead atoms. The Bertz CT molecular complexity index is 1350. The highest BCUT2D eigenvalue weighted by molar-refractivity contribution is 5.95. The highest BCUT2D eigenvalue weighted by Gasteiger charge is 2.41. The summed E-state index contributed by atoms with van der Waals surface area (Å²) in [7, 11) is 0. The van der Waals surface area contributed by atoms with Gasteiger partial charge in [-0.25, -0.2) is 4.39 Å². The fraction of sp³-hybridized carbons (Fsp3) is 0.435. The van der Waals surface area contributed by atoms with Gasteiger partial charge in [0.15, 0.2) is 5.82 Å². The standard InChI is InChI=1S/C23H21F4N7O/c1-13-11-32(20-14(9-28)10-29-19-16(20)3-2-4-17(19)24)6-5-15(13)21(35)33-7-8-34-18(12-33)30-31-22(34)23(25,26)27/h2-4,10,13,15H,5-8,11-12H2,1H3/t13-,15+/m1/s1. The van der Waals surface area contributed by atoms with Crippen molar-refractivity contribution < 1.29 is 22.4 Å². The van der Waals surface area contributed by atoms with Gasteiger partial charge >= 0.3 is 6.18 Å². The smallest absolute Gasteiger partial charge is 0.370 e.